The van der Waals surface area contributed by atoms with Crippen molar-refractivity contribution in [1.29, 1.82) is 0 Å². The predicted octanol–water partition coefficient (Wildman–Crippen LogP) is 3.17. The number of carbonyl (C=O) groups excluding carboxylic acids is 2. The summed E-state index contributed by atoms with van der Waals surface area (Å²) in [5.41, 5.74) is 1.46. The zero-order valence-corrected chi connectivity index (χ0v) is 19.9. The Bertz CT molecular complexity index is 1220. The van der Waals surface area contributed by atoms with Gasteiger partial charge in [-0.15, -0.1) is 11.3 Å². The Morgan fingerprint density at radius 2 is 1.70 bits per heavy atom. The van der Waals surface area contributed by atoms with E-state index in [1.54, 1.807) is 37.4 Å². The van der Waals surface area contributed by atoms with Gasteiger partial charge in [0.15, 0.2) is 0 Å². The first kappa shape index (κ1) is 24.3. The number of nitrogens with one attached hydrogen (secondary N) is 3. The highest BCUT2D eigenvalue weighted by atomic mass is 32.2. The summed E-state index contributed by atoms with van der Waals surface area (Å²) < 4.78 is 33.4. The van der Waals surface area contributed by atoms with E-state index in [4.69, 9.17) is 4.74 Å². The molecule has 0 spiro atoms. The van der Waals surface area contributed by atoms with Gasteiger partial charge >= 0.3 is 0 Å². The number of amides is 2. The minimum atomic E-state index is -3.89. The van der Waals surface area contributed by atoms with Crippen LogP contribution >= 0.6 is 11.3 Å². The molecule has 0 aliphatic rings. The fourth-order valence-corrected chi connectivity index (χ4v) is 5.36. The van der Waals surface area contributed by atoms with Crippen LogP contribution in [0.2, 0.25) is 0 Å². The summed E-state index contributed by atoms with van der Waals surface area (Å²) in [6.45, 7) is 2.04. The number of methoxy groups -OCH3 is 1. The fraction of sp³-hybridized carbons (Fsp3) is 0.217. The number of hydrogen-bond acceptors (Lipinski definition) is 6. The SMILES string of the molecule is COc1ccc(CCNC(=O)c2ccccc2NS(=O)(=O)c2ccc(CNC(C)=O)s2)cc1. The lowest BCUT2D eigenvalue weighted by Gasteiger charge is -2.12. The van der Waals surface area contributed by atoms with Crippen LogP contribution in [0.5, 0.6) is 5.75 Å². The molecular weight excluding hydrogens is 462 g/mol. The van der Waals surface area contributed by atoms with Gasteiger partial charge in [0.05, 0.1) is 24.9 Å². The van der Waals surface area contributed by atoms with E-state index in [1.807, 2.05) is 24.3 Å². The van der Waals surface area contributed by atoms with Crippen molar-refractivity contribution in [2.24, 2.45) is 0 Å². The average Bonchev–Trinajstić information content (AvgIpc) is 3.28. The molecule has 1 aromatic heterocycles. The van der Waals surface area contributed by atoms with Crippen LogP contribution < -0.4 is 20.1 Å². The molecular formula is C23H25N3O5S2. The molecule has 10 heteroatoms. The molecule has 8 nitrogen and oxygen atoms in total. The number of anilines is 1. The Balaban J connectivity index is 1.65. The Morgan fingerprint density at radius 3 is 2.39 bits per heavy atom. The van der Waals surface area contributed by atoms with Crippen molar-refractivity contribution in [3.8, 4) is 5.75 Å². The van der Waals surface area contributed by atoms with Crippen LogP contribution in [0.3, 0.4) is 0 Å². The molecule has 0 aliphatic heterocycles. The van der Waals surface area contributed by atoms with Gasteiger partial charge in [-0.05, 0) is 48.4 Å². The second-order valence-electron chi connectivity index (χ2n) is 7.14. The van der Waals surface area contributed by atoms with Gasteiger partial charge in [0.2, 0.25) is 5.91 Å². The molecule has 2 aromatic carbocycles. The van der Waals surface area contributed by atoms with E-state index in [0.29, 0.717) is 17.8 Å². The second-order valence-corrected chi connectivity index (χ2v) is 10.2. The van der Waals surface area contributed by atoms with Crippen molar-refractivity contribution in [2.45, 2.75) is 24.1 Å². The van der Waals surface area contributed by atoms with Crippen molar-refractivity contribution < 1.29 is 22.7 Å². The molecule has 0 unspecified atom stereocenters. The summed E-state index contributed by atoms with van der Waals surface area (Å²) in [6.07, 6.45) is 0.621. The van der Waals surface area contributed by atoms with Gasteiger partial charge in [0.25, 0.3) is 15.9 Å². The Kier molecular flexibility index (Phi) is 8.07. The van der Waals surface area contributed by atoms with Gasteiger partial charge in [-0.25, -0.2) is 8.42 Å². The minimum Gasteiger partial charge on any atom is -0.497 e. The quantitative estimate of drug-likeness (QED) is 0.407. The van der Waals surface area contributed by atoms with Gasteiger partial charge in [0.1, 0.15) is 9.96 Å². The van der Waals surface area contributed by atoms with Crippen LogP contribution in [0.4, 0.5) is 5.69 Å². The number of sulfonamides is 1. The topological polar surface area (TPSA) is 114 Å². The highest BCUT2D eigenvalue weighted by molar-refractivity contribution is 7.94. The lowest BCUT2D eigenvalue weighted by atomic mass is 10.1. The summed E-state index contributed by atoms with van der Waals surface area (Å²) in [4.78, 5) is 24.5. The first-order valence-electron chi connectivity index (χ1n) is 10.1. The summed E-state index contributed by atoms with van der Waals surface area (Å²) >= 11 is 1.05. The summed E-state index contributed by atoms with van der Waals surface area (Å²) in [5.74, 6) is 0.189. The molecule has 1 heterocycles. The smallest absolute Gasteiger partial charge is 0.271 e. The lowest BCUT2D eigenvalue weighted by molar-refractivity contribution is -0.119. The largest absolute Gasteiger partial charge is 0.497 e. The third kappa shape index (κ3) is 6.80. The maximum Gasteiger partial charge on any atom is 0.271 e. The Morgan fingerprint density at radius 1 is 0.970 bits per heavy atom. The number of carbonyl (C=O) groups is 2. The average molecular weight is 488 g/mol. The van der Waals surface area contributed by atoms with Crippen LogP contribution in [0.15, 0.2) is 64.9 Å². The molecule has 3 aromatic rings. The highest BCUT2D eigenvalue weighted by Gasteiger charge is 2.20. The van der Waals surface area contributed by atoms with Crippen molar-refractivity contribution in [3.05, 3.63) is 76.7 Å². The Hall–Kier alpha value is -3.37. The second kappa shape index (κ2) is 11.0. The van der Waals surface area contributed by atoms with Crippen LogP contribution in [-0.4, -0.2) is 33.9 Å². The number of thiophene rings is 1. The van der Waals surface area contributed by atoms with Gasteiger partial charge < -0.3 is 15.4 Å². The molecule has 0 radical (unpaired) electrons. The van der Waals surface area contributed by atoms with Crippen molar-refractivity contribution >= 4 is 38.9 Å². The molecule has 0 saturated heterocycles. The maximum atomic E-state index is 12.8. The molecule has 174 valence electrons. The summed E-state index contributed by atoms with van der Waals surface area (Å²) in [6, 6.07) is 17.1. The van der Waals surface area contributed by atoms with Gasteiger partial charge in [0, 0.05) is 18.3 Å². The van der Waals surface area contributed by atoms with Crippen molar-refractivity contribution in [2.75, 3.05) is 18.4 Å². The van der Waals surface area contributed by atoms with Crippen molar-refractivity contribution in [1.82, 2.24) is 10.6 Å². The maximum absolute atomic E-state index is 12.8. The van der Waals surface area contributed by atoms with Gasteiger partial charge in [-0.2, -0.15) is 0 Å². The third-order valence-electron chi connectivity index (χ3n) is 4.69. The van der Waals surface area contributed by atoms with Gasteiger partial charge in [-0.3, -0.25) is 14.3 Å². The zero-order valence-electron chi connectivity index (χ0n) is 18.3. The number of benzene rings is 2. The van der Waals surface area contributed by atoms with Crippen LogP contribution in [-0.2, 0) is 27.8 Å². The van der Waals surface area contributed by atoms with E-state index in [2.05, 4.69) is 15.4 Å². The predicted molar refractivity (Wildman–Crippen MR) is 128 cm³/mol. The van der Waals surface area contributed by atoms with Crippen molar-refractivity contribution in [3.63, 3.8) is 0 Å². The number of para-hydroxylation sites is 1. The first-order chi connectivity index (χ1) is 15.8. The third-order valence-corrected chi connectivity index (χ3v) is 7.63. The fourth-order valence-electron chi connectivity index (χ4n) is 2.98. The molecule has 3 rings (SSSR count). The zero-order chi connectivity index (χ0) is 23.8. The van der Waals surface area contributed by atoms with Crippen LogP contribution in [0.1, 0.15) is 27.7 Å². The molecule has 0 fully saturated rings. The standard InChI is InChI=1S/C23H25N3O5S2/c1-16(27)25-15-19-11-12-22(32-19)33(29,30)26-21-6-4-3-5-20(21)23(28)24-14-13-17-7-9-18(31-2)10-8-17/h3-12,26H,13-15H2,1-2H3,(H,24,28)(H,25,27). The van der Waals surface area contributed by atoms with E-state index in [-0.39, 0.29) is 33.8 Å². The minimum absolute atomic E-state index is 0.0950. The first-order valence-corrected chi connectivity index (χ1v) is 12.4. The summed E-state index contributed by atoms with van der Waals surface area (Å²) in [7, 11) is -2.29. The molecule has 33 heavy (non-hydrogen) atoms. The monoisotopic (exact) mass is 487 g/mol. The van der Waals surface area contributed by atoms with E-state index in [9.17, 15) is 18.0 Å². The molecule has 0 aliphatic carbocycles. The normalized spacial score (nSPS) is 11.0. The highest BCUT2D eigenvalue weighted by Crippen LogP contribution is 2.25. The number of rotatable bonds is 10. The molecule has 3 N–H and O–H groups in total. The van der Waals surface area contributed by atoms with Crippen LogP contribution in [0, 0.1) is 0 Å². The van der Waals surface area contributed by atoms with E-state index in [0.717, 1.165) is 22.6 Å². The van der Waals surface area contributed by atoms with Crippen LogP contribution in [0.25, 0.3) is 0 Å². The Labute approximate surface area is 197 Å². The molecule has 0 bridgehead atoms. The summed E-state index contributed by atoms with van der Waals surface area (Å²) in [5, 5.41) is 5.47. The number of ether oxygens (including phenoxy) is 1. The van der Waals surface area contributed by atoms with Gasteiger partial charge in [-0.1, -0.05) is 24.3 Å². The van der Waals surface area contributed by atoms with E-state index >= 15 is 0 Å². The van der Waals surface area contributed by atoms with E-state index in [1.165, 1.54) is 13.0 Å². The molecule has 2 amide bonds. The number of hydrogen-bond donors (Lipinski definition) is 3. The molecule has 0 atom stereocenters. The van der Waals surface area contributed by atoms with E-state index < -0.39 is 10.0 Å². The lowest BCUT2D eigenvalue weighted by Crippen LogP contribution is -2.27. The molecule has 0 saturated carbocycles.